The molecule has 1 fully saturated rings. The first-order chi connectivity index (χ1) is 9.01. The number of rotatable bonds is 4. The van der Waals surface area contributed by atoms with Gasteiger partial charge in [-0.1, -0.05) is 17.7 Å². The predicted octanol–water partition coefficient (Wildman–Crippen LogP) is 2.84. The molecule has 1 aromatic carbocycles. The van der Waals surface area contributed by atoms with Gasteiger partial charge in [0, 0.05) is 25.2 Å². The summed E-state index contributed by atoms with van der Waals surface area (Å²) in [5.74, 6) is 0.545. The van der Waals surface area contributed by atoms with Crippen molar-refractivity contribution in [2.45, 2.75) is 25.9 Å². The van der Waals surface area contributed by atoms with Gasteiger partial charge in [0.1, 0.15) is 5.02 Å². The van der Waals surface area contributed by atoms with Crippen LogP contribution in [0, 0.1) is 16.0 Å². The number of likely N-dealkylation sites (tertiary alicyclic amines) is 1. The minimum atomic E-state index is -0.463. The van der Waals surface area contributed by atoms with E-state index in [4.69, 9.17) is 17.3 Å². The number of hydrogen-bond acceptors (Lipinski definition) is 4. The maximum atomic E-state index is 10.7. The molecule has 112 valence electrons. The van der Waals surface area contributed by atoms with Crippen LogP contribution < -0.4 is 5.73 Å². The highest BCUT2D eigenvalue weighted by Gasteiger charge is 2.28. The highest BCUT2D eigenvalue weighted by Crippen LogP contribution is 2.28. The van der Waals surface area contributed by atoms with Crippen molar-refractivity contribution in [3.05, 3.63) is 38.9 Å². The van der Waals surface area contributed by atoms with Crippen LogP contribution in [0.2, 0.25) is 5.02 Å². The van der Waals surface area contributed by atoms with Crippen LogP contribution in [0.25, 0.3) is 0 Å². The van der Waals surface area contributed by atoms with E-state index in [2.05, 4.69) is 11.8 Å². The summed E-state index contributed by atoms with van der Waals surface area (Å²) < 4.78 is 0. The summed E-state index contributed by atoms with van der Waals surface area (Å²) in [6, 6.07) is 5.41. The Hall–Kier alpha value is -0.880. The van der Waals surface area contributed by atoms with Crippen LogP contribution in [0.5, 0.6) is 0 Å². The van der Waals surface area contributed by atoms with Crippen molar-refractivity contribution in [2.24, 2.45) is 11.7 Å². The SMILES string of the molecule is CC1CC(CN)CN1Cc1ccc([N+](=O)[O-])c(Cl)c1.Cl. The number of nitro groups is 1. The minimum absolute atomic E-state index is 0. The van der Waals surface area contributed by atoms with E-state index < -0.39 is 4.92 Å². The topological polar surface area (TPSA) is 72.4 Å². The molecule has 0 amide bonds. The lowest BCUT2D eigenvalue weighted by Gasteiger charge is -2.21. The Morgan fingerprint density at radius 3 is 2.75 bits per heavy atom. The van der Waals surface area contributed by atoms with E-state index in [0.717, 1.165) is 25.1 Å². The third-order valence-electron chi connectivity index (χ3n) is 3.72. The number of benzene rings is 1. The monoisotopic (exact) mass is 319 g/mol. The van der Waals surface area contributed by atoms with E-state index in [0.29, 0.717) is 18.5 Å². The van der Waals surface area contributed by atoms with E-state index in [1.807, 2.05) is 0 Å². The van der Waals surface area contributed by atoms with E-state index in [1.54, 1.807) is 12.1 Å². The molecule has 2 unspecified atom stereocenters. The normalized spacial score (nSPS) is 22.6. The van der Waals surface area contributed by atoms with E-state index >= 15 is 0 Å². The van der Waals surface area contributed by atoms with Gasteiger partial charge in [-0.05, 0) is 37.4 Å². The first kappa shape index (κ1) is 17.2. The molecule has 0 radical (unpaired) electrons. The summed E-state index contributed by atoms with van der Waals surface area (Å²) in [5.41, 5.74) is 6.66. The molecule has 1 aliphatic rings. The van der Waals surface area contributed by atoms with Crippen molar-refractivity contribution >= 4 is 29.7 Å². The Balaban J connectivity index is 0.00000200. The zero-order valence-electron chi connectivity index (χ0n) is 11.3. The molecule has 1 saturated heterocycles. The summed E-state index contributed by atoms with van der Waals surface area (Å²) in [6.45, 7) is 4.63. The highest BCUT2D eigenvalue weighted by atomic mass is 35.5. The number of nitrogens with zero attached hydrogens (tertiary/aromatic N) is 2. The Morgan fingerprint density at radius 1 is 1.55 bits per heavy atom. The number of halogens is 2. The van der Waals surface area contributed by atoms with Crippen LogP contribution in [-0.2, 0) is 6.54 Å². The second-order valence-corrected chi connectivity index (χ2v) is 5.57. The van der Waals surface area contributed by atoms with Crippen LogP contribution in [-0.4, -0.2) is 29.0 Å². The Bertz CT molecular complexity index is 485. The maximum absolute atomic E-state index is 10.7. The van der Waals surface area contributed by atoms with Crippen molar-refractivity contribution in [2.75, 3.05) is 13.1 Å². The van der Waals surface area contributed by atoms with Crippen molar-refractivity contribution in [1.82, 2.24) is 4.90 Å². The number of nitrogens with two attached hydrogens (primary N) is 1. The van der Waals surface area contributed by atoms with Crippen LogP contribution in [0.3, 0.4) is 0 Å². The smallest absolute Gasteiger partial charge is 0.287 e. The van der Waals surface area contributed by atoms with Gasteiger partial charge >= 0.3 is 0 Å². The molecule has 7 heteroatoms. The average molecular weight is 320 g/mol. The molecule has 5 nitrogen and oxygen atoms in total. The summed E-state index contributed by atoms with van der Waals surface area (Å²) >= 11 is 5.92. The van der Waals surface area contributed by atoms with Gasteiger partial charge in [-0.15, -0.1) is 12.4 Å². The van der Waals surface area contributed by atoms with E-state index in [1.165, 1.54) is 6.07 Å². The summed E-state index contributed by atoms with van der Waals surface area (Å²) in [6.07, 6.45) is 1.11. The minimum Gasteiger partial charge on any atom is -0.330 e. The molecular weight excluding hydrogens is 301 g/mol. The number of nitro benzene ring substituents is 1. The Morgan fingerprint density at radius 2 is 2.25 bits per heavy atom. The van der Waals surface area contributed by atoms with Crippen molar-refractivity contribution in [3.8, 4) is 0 Å². The maximum Gasteiger partial charge on any atom is 0.287 e. The average Bonchev–Trinajstić information content (AvgIpc) is 2.70. The highest BCUT2D eigenvalue weighted by molar-refractivity contribution is 6.32. The van der Waals surface area contributed by atoms with Gasteiger partial charge in [-0.25, -0.2) is 0 Å². The van der Waals surface area contributed by atoms with Crippen molar-refractivity contribution in [1.29, 1.82) is 0 Å². The van der Waals surface area contributed by atoms with Gasteiger partial charge in [-0.2, -0.15) is 0 Å². The molecule has 2 atom stereocenters. The molecule has 0 aromatic heterocycles. The zero-order chi connectivity index (χ0) is 14.0. The van der Waals surface area contributed by atoms with Crippen LogP contribution in [0.4, 0.5) is 5.69 Å². The standard InChI is InChI=1S/C13H18ClN3O2.ClH/c1-9-4-11(6-15)8-16(9)7-10-2-3-13(17(18)19)12(14)5-10;/h2-3,5,9,11H,4,6-8,15H2,1H3;1H. The van der Waals surface area contributed by atoms with Crippen molar-refractivity contribution < 1.29 is 4.92 Å². The van der Waals surface area contributed by atoms with Gasteiger partial charge in [0.15, 0.2) is 0 Å². The largest absolute Gasteiger partial charge is 0.330 e. The zero-order valence-corrected chi connectivity index (χ0v) is 12.9. The van der Waals surface area contributed by atoms with Gasteiger partial charge in [0.05, 0.1) is 4.92 Å². The van der Waals surface area contributed by atoms with Gasteiger partial charge in [0.2, 0.25) is 0 Å². The van der Waals surface area contributed by atoms with Gasteiger partial charge < -0.3 is 5.73 Å². The predicted molar refractivity (Wildman–Crippen MR) is 82.4 cm³/mol. The number of hydrogen-bond donors (Lipinski definition) is 1. The van der Waals surface area contributed by atoms with E-state index in [-0.39, 0.29) is 23.1 Å². The summed E-state index contributed by atoms with van der Waals surface area (Å²) in [7, 11) is 0. The molecule has 2 N–H and O–H groups in total. The first-order valence-corrected chi connectivity index (χ1v) is 6.76. The molecule has 1 heterocycles. The Labute approximate surface area is 129 Å². The molecule has 1 aromatic rings. The Kier molecular flexibility index (Phi) is 6.20. The molecule has 2 rings (SSSR count). The summed E-state index contributed by atoms with van der Waals surface area (Å²) in [5, 5.41) is 10.9. The quantitative estimate of drug-likeness (QED) is 0.684. The lowest BCUT2D eigenvalue weighted by molar-refractivity contribution is -0.384. The fraction of sp³-hybridized carbons (Fsp3) is 0.538. The fourth-order valence-corrected chi connectivity index (χ4v) is 2.91. The molecule has 0 spiro atoms. The molecule has 1 aliphatic heterocycles. The summed E-state index contributed by atoms with van der Waals surface area (Å²) in [4.78, 5) is 12.6. The fourth-order valence-electron chi connectivity index (χ4n) is 2.64. The van der Waals surface area contributed by atoms with Crippen LogP contribution in [0.15, 0.2) is 18.2 Å². The second-order valence-electron chi connectivity index (χ2n) is 5.16. The molecule has 0 bridgehead atoms. The van der Waals surface area contributed by atoms with Crippen LogP contribution in [0.1, 0.15) is 18.9 Å². The molecule has 0 saturated carbocycles. The lowest BCUT2D eigenvalue weighted by Crippen LogP contribution is -2.27. The van der Waals surface area contributed by atoms with Gasteiger partial charge in [-0.3, -0.25) is 15.0 Å². The molecule has 20 heavy (non-hydrogen) atoms. The first-order valence-electron chi connectivity index (χ1n) is 6.38. The second kappa shape index (κ2) is 7.22. The molecular formula is C13H19Cl2N3O2. The molecule has 0 aliphatic carbocycles. The third kappa shape index (κ3) is 3.82. The van der Waals surface area contributed by atoms with Gasteiger partial charge in [0.25, 0.3) is 5.69 Å². The third-order valence-corrected chi connectivity index (χ3v) is 4.02. The van der Waals surface area contributed by atoms with Crippen LogP contribution >= 0.6 is 24.0 Å². The van der Waals surface area contributed by atoms with Crippen molar-refractivity contribution in [3.63, 3.8) is 0 Å². The lowest BCUT2D eigenvalue weighted by atomic mass is 10.1. The van der Waals surface area contributed by atoms with E-state index in [9.17, 15) is 10.1 Å².